The van der Waals surface area contributed by atoms with E-state index in [1.807, 2.05) is 0 Å². The van der Waals surface area contributed by atoms with Crippen LogP contribution in [0.5, 0.6) is 0 Å². The molecule has 2 aliphatic rings. The number of pyridine rings is 1. The number of nitrogens with one attached hydrogen (secondary N) is 2. The lowest BCUT2D eigenvalue weighted by molar-refractivity contribution is -0.137. The molecule has 11 heteroatoms. The van der Waals surface area contributed by atoms with Crippen LogP contribution in [0.4, 0.5) is 29.3 Å². The highest BCUT2D eigenvalue weighted by Gasteiger charge is 2.54. The second kappa shape index (κ2) is 7.39. The number of alkyl halides is 3. The van der Waals surface area contributed by atoms with Crippen LogP contribution in [0.25, 0.3) is 5.52 Å². The first-order valence-electron chi connectivity index (χ1n) is 10.4. The topological polar surface area (TPSA) is 105 Å². The Kier molecular flexibility index (Phi) is 4.73. The lowest BCUT2D eigenvalue weighted by Crippen LogP contribution is -2.67. The molecule has 0 unspecified atom stereocenters. The van der Waals surface area contributed by atoms with Gasteiger partial charge in [0.2, 0.25) is 0 Å². The Morgan fingerprint density at radius 2 is 1.91 bits per heavy atom. The van der Waals surface area contributed by atoms with E-state index in [0.717, 1.165) is 12.1 Å². The summed E-state index contributed by atoms with van der Waals surface area (Å²) in [6.45, 7) is 1.16. The van der Waals surface area contributed by atoms with Crippen molar-refractivity contribution in [2.24, 2.45) is 5.41 Å². The van der Waals surface area contributed by atoms with Crippen LogP contribution in [0.3, 0.4) is 0 Å². The maximum absolute atomic E-state index is 12.9. The number of nitrogens with two attached hydrogens (primary N) is 1. The third-order valence-corrected chi connectivity index (χ3v) is 6.26. The summed E-state index contributed by atoms with van der Waals surface area (Å²) in [4.78, 5) is 26.8. The van der Waals surface area contributed by atoms with Gasteiger partial charge in [0.05, 0.1) is 22.8 Å². The first-order valence-corrected chi connectivity index (χ1v) is 10.4. The second-order valence-electron chi connectivity index (χ2n) is 8.79. The van der Waals surface area contributed by atoms with Crippen molar-refractivity contribution in [1.82, 2.24) is 19.8 Å². The lowest BCUT2D eigenvalue weighted by Gasteiger charge is -2.58. The van der Waals surface area contributed by atoms with Gasteiger partial charge in [-0.25, -0.2) is 9.31 Å². The van der Waals surface area contributed by atoms with Gasteiger partial charge in [-0.1, -0.05) is 6.07 Å². The average Bonchev–Trinajstić information content (AvgIpc) is 3.11. The zero-order valence-electron chi connectivity index (χ0n) is 17.4. The molecule has 2 aromatic heterocycles. The highest BCUT2D eigenvalue weighted by Crippen LogP contribution is 2.48. The summed E-state index contributed by atoms with van der Waals surface area (Å²) in [5.74, 6) is -0.111. The number of amides is 3. The minimum Gasteiger partial charge on any atom is -0.399 e. The number of carbonyl (C=O) groups is 2. The van der Waals surface area contributed by atoms with Crippen molar-refractivity contribution in [2.75, 3.05) is 24.1 Å². The Labute approximate surface area is 186 Å². The third-order valence-electron chi connectivity index (χ3n) is 6.26. The molecule has 1 saturated heterocycles. The number of likely N-dealkylation sites (tertiary alicyclic amines) is 1. The molecule has 0 bridgehead atoms. The van der Waals surface area contributed by atoms with Crippen LogP contribution in [0, 0.1) is 5.41 Å². The summed E-state index contributed by atoms with van der Waals surface area (Å²) in [5.41, 5.74) is 6.73. The van der Waals surface area contributed by atoms with Gasteiger partial charge in [-0.05, 0) is 43.2 Å². The zero-order valence-corrected chi connectivity index (χ0v) is 17.4. The van der Waals surface area contributed by atoms with Gasteiger partial charge in [0.15, 0.2) is 0 Å². The van der Waals surface area contributed by atoms with Gasteiger partial charge in [0.1, 0.15) is 0 Å². The van der Waals surface area contributed by atoms with E-state index < -0.39 is 17.8 Å². The van der Waals surface area contributed by atoms with Crippen LogP contribution in [0.1, 0.15) is 28.8 Å². The molecular weight excluding hydrogens is 437 g/mol. The molecule has 1 aliphatic carbocycles. The van der Waals surface area contributed by atoms with Crippen LogP contribution in [0.15, 0.2) is 48.8 Å². The molecule has 8 nitrogen and oxygen atoms in total. The molecule has 4 N–H and O–H groups in total. The first kappa shape index (κ1) is 21.1. The average molecular weight is 458 g/mol. The van der Waals surface area contributed by atoms with Gasteiger partial charge in [0.25, 0.3) is 5.91 Å². The highest BCUT2D eigenvalue weighted by atomic mass is 19.4. The monoisotopic (exact) mass is 458 g/mol. The summed E-state index contributed by atoms with van der Waals surface area (Å²) in [6.07, 6.45) is 0.165. The maximum Gasteiger partial charge on any atom is 0.416 e. The van der Waals surface area contributed by atoms with Crippen LogP contribution >= 0.6 is 0 Å². The Hall–Kier alpha value is -3.76. The number of urea groups is 1. The van der Waals surface area contributed by atoms with Crippen LogP contribution < -0.4 is 16.4 Å². The van der Waals surface area contributed by atoms with E-state index in [4.69, 9.17) is 5.73 Å². The van der Waals surface area contributed by atoms with Gasteiger partial charge in [-0.15, -0.1) is 0 Å². The Balaban J connectivity index is 1.12. The Morgan fingerprint density at radius 1 is 1.15 bits per heavy atom. The molecule has 5 rings (SSSR count). The SMILES string of the molecule is Nc1ccn2ncc(C(=O)N3CC4(CC(NC(=O)Nc5cccc(C(F)(F)F)c5)C4)C3)c2c1. The number of nitrogen functional groups attached to an aromatic ring is 1. The standard InChI is InChI=1S/C22H21F3N6O2/c23-22(24,25)13-2-1-3-15(6-13)28-20(33)29-16-8-21(9-16)11-30(12-21)19(32)17-10-27-31-5-4-14(26)7-18(17)31/h1-7,10,16H,8-9,11-12,26H2,(H2,28,29,33). The molecule has 0 atom stereocenters. The van der Waals surface area contributed by atoms with Crippen LogP contribution in [0.2, 0.25) is 0 Å². The molecule has 3 amide bonds. The fourth-order valence-electron chi connectivity index (χ4n) is 4.71. The molecule has 1 spiro atoms. The smallest absolute Gasteiger partial charge is 0.399 e. The van der Waals surface area contributed by atoms with Crippen molar-refractivity contribution in [3.8, 4) is 0 Å². The van der Waals surface area contributed by atoms with Gasteiger partial charge in [-0.2, -0.15) is 18.3 Å². The molecule has 1 aliphatic heterocycles. The summed E-state index contributed by atoms with van der Waals surface area (Å²) < 4.78 is 40.1. The largest absolute Gasteiger partial charge is 0.416 e. The lowest BCUT2D eigenvalue weighted by atomic mass is 9.60. The molecule has 1 aromatic carbocycles. The Morgan fingerprint density at radius 3 is 2.64 bits per heavy atom. The fraction of sp³-hybridized carbons (Fsp3) is 0.318. The molecule has 0 radical (unpaired) electrons. The van der Waals surface area contributed by atoms with Gasteiger partial charge < -0.3 is 21.3 Å². The van der Waals surface area contributed by atoms with Crippen LogP contribution in [-0.2, 0) is 6.18 Å². The fourth-order valence-corrected chi connectivity index (χ4v) is 4.71. The number of benzene rings is 1. The molecule has 1 saturated carbocycles. The number of rotatable bonds is 3. The van der Waals surface area contributed by atoms with Gasteiger partial charge in [0, 0.05) is 42.1 Å². The summed E-state index contributed by atoms with van der Waals surface area (Å²) in [6, 6.07) is 7.26. The normalized spacial score (nSPS) is 17.5. The number of carbonyl (C=O) groups excluding carboxylic acids is 2. The number of halogens is 3. The number of aromatic nitrogens is 2. The van der Waals surface area contributed by atoms with E-state index in [1.54, 1.807) is 27.7 Å². The quantitative estimate of drug-likeness (QED) is 0.560. The van der Waals surface area contributed by atoms with Crippen molar-refractivity contribution in [2.45, 2.75) is 25.1 Å². The first-order chi connectivity index (χ1) is 15.6. The van der Waals surface area contributed by atoms with E-state index in [-0.39, 0.29) is 23.1 Å². The summed E-state index contributed by atoms with van der Waals surface area (Å²) >= 11 is 0. The number of anilines is 2. The van der Waals surface area contributed by atoms with Gasteiger partial charge in [-0.3, -0.25) is 4.79 Å². The van der Waals surface area contributed by atoms with Crippen molar-refractivity contribution >= 4 is 28.8 Å². The number of hydrogen-bond acceptors (Lipinski definition) is 4. The summed E-state index contributed by atoms with van der Waals surface area (Å²) in [7, 11) is 0. The van der Waals surface area contributed by atoms with Crippen molar-refractivity contribution in [3.05, 3.63) is 59.9 Å². The summed E-state index contributed by atoms with van der Waals surface area (Å²) in [5, 5.41) is 9.42. The van der Waals surface area contributed by atoms with Crippen molar-refractivity contribution in [3.63, 3.8) is 0 Å². The molecule has 172 valence electrons. The third kappa shape index (κ3) is 3.94. The molecule has 33 heavy (non-hydrogen) atoms. The van der Waals surface area contributed by atoms with Crippen LogP contribution in [-0.4, -0.2) is 45.6 Å². The van der Waals surface area contributed by atoms with Crippen molar-refractivity contribution in [1.29, 1.82) is 0 Å². The molecular formula is C22H21F3N6O2. The zero-order chi connectivity index (χ0) is 23.4. The second-order valence-corrected chi connectivity index (χ2v) is 8.79. The molecule has 3 heterocycles. The molecule has 2 fully saturated rings. The van der Waals surface area contributed by atoms with Gasteiger partial charge >= 0.3 is 12.2 Å². The van der Waals surface area contributed by atoms with E-state index in [2.05, 4.69) is 15.7 Å². The number of hydrogen-bond donors (Lipinski definition) is 3. The predicted octanol–water partition coefficient (Wildman–Crippen LogP) is 3.36. The predicted molar refractivity (Wildman–Crippen MR) is 115 cm³/mol. The molecule has 3 aromatic rings. The van der Waals surface area contributed by atoms with E-state index in [0.29, 0.717) is 42.7 Å². The minimum absolute atomic E-state index is 0.0359. The number of fused-ring (bicyclic) bond motifs is 1. The Bertz CT molecular complexity index is 1240. The highest BCUT2D eigenvalue weighted by molar-refractivity contribution is 6.01. The van der Waals surface area contributed by atoms with Crippen molar-refractivity contribution < 1.29 is 22.8 Å². The number of nitrogens with zero attached hydrogens (tertiary/aromatic N) is 3. The van der Waals surface area contributed by atoms with E-state index >= 15 is 0 Å². The van der Waals surface area contributed by atoms with E-state index in [9.17, 15) is 22.8 Å². The van der Waals surface area contributed by atoms with E-state index in [1.165, 1.54) is 18.3 Å². The minimum atomic E-state index is -4.47. The maximum atomic E-state index is 12.9.